The Labute approximate surface area is 185 Å². The number of ether oxygens (including phenoxy) is 1. The molecule has 5 rings (SSSR count). The van der Waals surface area contributed by atoms with E-state index in [-0.39, 0.29) is 23.4 Å². The van der Waals surface area contributed by atoms with Crippen LogP contribution in [0.1, 0.15) is 51.0 Å². The predicted octanol–water partition coefficient (Wildman–Crippen LogP) is 5.74. The van der Waals surface area contributed by atoms with Crippen molar-refractivity contribution >= 4 is 23.1 Å². The molecule has 4 aliphatic rings. The number of rotatable bonds is 3. The van der Waals surface area contributed by atoms with Gasteiger partial charge in [-0.15, -0.1) is 0 Å². The quantitative estimate of drug-likeness (QED) is 0.456. The molecule has 0 bridgehead atoms. The van der Waals surface area contributed by atoms with Crippen molar-refractivity contribution in [2.24, 2.45) is 23.2 Å². The highest BCUT2D eigenvalue weighted by Gasteiger charge is 2.55. The molecule has 1 aromatic carbocycles. The number of halogens is 1. The van der Waals surface area contributed by atoms with Crippen LogP contribution in [0.5, 0.6) is 0 Å². The molecule has 30 heavy (non-hydrogen) atoms. The molecule has 0 radical (unpaired) electrons. The Morgan fingerprint density at radius 1 is 1.27 bits per heavy atom. The van der Waals surface area contributed by atoms with E-state index in [0.717, 1.165) is 50.3 Å². The van der Waals surface area contributed by atoms with Crippen LogP contribution in [0.4, 0.5) is 0 Å². The summed E-state index contributed by atoms with van der Waals surface area (Å²) in [6, 6.07) is 8.10. The van der Waals surface area contributed by atoms with E-state index in [2.05, 4.69) is 36.6 Å². The minimum Gasteiger partial charge on any atom is -0.462 e. The van der Waals surface area contributed by atoms with Crippen LogP contribution < -0.4 is 0 Å². The number of carbonyl (C=O) groups excluding carboxylic acids is 1. The smallest absolute Gasteiger partial charge is 0.310 e. The van der Waals surface area contributed by atoms with Gasteiger partial charge in [0.05, 0.1) is 5.92 Å². The normalized spacial score (nSPS) is 36.7. The van der Waals surface area contributed by atoms with Crippen molar-refractivity contribution in [3.8, 4) is 0 Å². The van der Waals surface area contributed by atoms with Crippen LogP contribution in [0.3, 0.4) is 0 Å². The van der Waals surface area contributed by atoms with Gasteiger partial charge < -0.3 is 4.74 Å². The maximum atomic E-state index is 12.8. The van der Waals surface area contributed by atoms with Crippen LogP contribution in [-0.4, -0.2) is 36.6 Å². The van der Waals surface area contributed by atoms with E-state index in [0.29, 0.717) is 11.8 Å². The van der Waals surface area contributed by atoms with Gasteiger partial charge in [0.25, 0.3) is 0 Å². The van der Waals surface area contributed by atoms with E-state index in [1.54, 1.807) is 0 Å². The standard InChI is InChI=1S/C26H32ClNO2/c1-17-4-3-11-26(2)15-24-21(14-23(17)26)22(25(29)30-24)16-28-12-9-19(10-13-28)18-5-7-20(27)8-6-18/h5-9,21-24H,1,3-4,10-16H2,2H3/t21-,22+,23+,24-,26-/m1/s1. The molecule has 3 nitrogen and oxygen atoms in total. The first-order chi connectivity index (χ1) is 14.4. The van der Waals surface area contributed by atoms with Gasteiger partial charge in [0, 0.05) is 30.6 Å². The topological polar surface area (TPSA) is 29.5 Å². The van der Waals surface area contributed by atoms with E-state index >= 15 is 0 Å². The van der Waals surface area contributed by atoms with Crippen molar-refractivity contribution in [1.29, 1.82) is 0 Å². The second-order valence-corrected chi connectivity index (χ2v) is 10.6. The number of nitrogens with zero attached hydrogens (tertiary/aromatic N) is 1. The summed E-state index contributed by atoms with van der Waals surface area (Å²) in [5.74, 6) is 0.958. The highest BCUT2D eigenvalue weighted by atomic mass is 35.5. The maximum absolute atomic E-state index is 12.8. The molecule has 1 aromatic rings. The molecule has 5 atom stereocenters. The lowest BCUT2D eigenvalue weighted by atomic mass is 9.55. The second kappa shape index (κ2) is 7.84. The molecule has 0 aromatic heterocycles. The Bertz CT molecular complexity index is 876. The van der Waals surface area contributed by atoms with Gasteiger partial charge in [-0.3, -0.25) is 9.69 Å². The van der Waals surface area contributed by atoms with Crippen LogP contribution in [-0.2, 0) is 9.53 Å². The minimum absolute atomic E-state index is 0.0137. The van der Waals surface area contributed by atoms with E-state index in [1.807, 2.05) is 12.1 Å². The molecular weight excluding hydrogens is 394 g/mol. The van der Waals surface area contributed by atoms with Crippen LogP contribution in [0.25, 0.3) is 5.57 Å². The first-order valence-electron chi connectivity index (χ1n) is 11.5. The third-order valence-electron chi connectivity index (χ3n) is 8.28. The summed E-state index contributed by atoms with van der Waals surface area (Å²) in [5, 5.41) is 0.773. The van der Waals surface area contributed by atoms with Crippen molar-refractivity contribution < 1.29 is 9.53 Å². The summed E-state index contributed by atoms with van der Waals surface area (Å²) in [5.41, 5.74) is 4.31. The van der Waals surface area contributed by atoms with Crippen LogP contribution in [0.15, 0.2) is 42.5 Å². The lowest BCUT2D eigenvalue weighted by molar-refractivity contribution is -0.146. The summed E-state index contributed by atoms with van der Waals surface area (Å²) in [6.45, 7) is 9.51. The largest absolute Gasteiger partial charge is 0.462 e. The summed E-state index contributed by atoms with van der Waals surface area (Å²) in [7, 11) is 0. The molecule has 0 amide bonds. The fourth-order valence-electron chi connectivity index (χ4n) is 6.55. The Kier molecular flexibility index (Phi) is 5.31. The highest BCUT2D eigenvalue weighted by molar-refractivity contribution is 6.30. The highest BCUT2D eigenvalue weighted by Crippen LogP contribution is 2.57. The maximum Gasteiger partial charge on any atom is 0.310 e. The van der Waals surface area contributed by atoms with Crippen molar-refractivity contribution in [3.63, 3.8) is 0 Å². The van der Waals surface area contributed by atoms with Crippen LogP contribution >= 0.6 is 11.6 Å². The lowest BCUT2D eigenvalue weighted by Gasteiger charge is -2.50. The molecule has 4 heteroatoms. The SMILES string of the molecule is C=C1CCC[C@]2(C)C[C@H]3OC(=O)[C@@H](CN4CC=C(c5ccc(Cl)cc5)CC4)[C@H]3C[C@@H]12. The zero-order valence-corrected chi connectivity index (χ0v) is 18.7. The van der Waals surface area contributed by atoms with Crippen molar-refractivity contribution in [2.45, 2.75) is 51.6 Å². The number of hydrogen-bond acceptors (Lipinski definition) is 3. The summed E-state index contributed by atoms with van der Waals surface area (Å²) < 4.78 is 5.95. The Hall–Kier alpha value is -1.58. The summed E-state index contributed by atoms with van der Waals surface area (Å²) >= 11 is 6.02. The van der Waals surface area contributed by atoms with E-state index in [9.17, 15) is 4.79 Å². The first-order valence-corrected chi connectivity index (χ1v) is 11.9. The zero-order valence-electron chi connectivity index (χ0n) is 17.9. The average Bonchev–Trinajstić information content (AvgIpc) is 3.01. The minimum atomic E-state index is 0.0137. The molecule has 0 unspecified atom stereocenters. The number of fused-ring (bicyclic) bond motifs is 2. The number of hydrogen-bond donors (Lipinski definition) is 0. The van der Waals surface area contributed by atoms with Crippen molar-refractivity contribution in [1.82, 2.24) is 4.90 Å². The Morgan fingerprint density at radius 2 is 2.07 bits per heavy atom. The van der Waals surface area contributed by atoms with Gasteiger partial charge in [0.15, 0.2) is 0 Å². The molecule has 3 fully saturated rings. The van der Waals surface area contributed by atoms with Gasteiger partial charge in [-0.05, 0) is 73.1 Å². The average molecular weight is 426 g/mol. The molecule has 0 spiro atoms. The molecular formula is C26H32ClNO2. The molecule has 2 heterocycles. The van der Waals surface area contributed by atoms with Crippen molar-refractivity contribution in [2.75, 3.05) is 19.6 Å². The van der Waals surface area contributed by atoms with Gasteiger partial charge in [0.2, 0.25) is 0 Å². The Morgan fingerprint density at radius 3 is 2.80 bits per heavy atom. The summed E-state index contributed by atoms with van der Waals surface area (Å²) in [4.78, 5) is 15.3. The third-order valence-corrected chi connectivity index (χ3v) is 8.53. The molecule has 2 aliphatic carbocycles. The lowest BCUT2D eigenvalue weighted by Crippen LogP contribution is -2.46. The van der Waals surface area contributed by atoms with Crippen molar-refractivity contribution in [3.05, 3.63) is 53.1 Å². The fraction of sp³-hybridized carbons (Fsp3) is 0.577. The van der Waals surface area contributed by atoms with Gasteiger partial charge in [0.1, 0.15) is 6.10 Å². The van der Waals surface area contributed by atoms with Gasteiger partial charge in [-0.25, -0.2) is 0 Å². The number of carbonyl (C=O) groups is 1. The van der Waals surface area contributed by atoms with Crippen LogP contribution in [0.2, 0.25) is 5.02 Å². The second-order valence-electron chi connectivity index (χ2n) is 10.1. The number of benzene rings is 1. The fourth-order valence-corrected chi connectivity index (χ4v) is 6.67. The zero-order chi connectivity index (χ0) is 20.9. The monoisotopic (exact) mass is 425 g/mol. The number of allylic oxidation sites excluding steroid dienone is 1. The molecule has 160 valence electrons. The predicted molar refractivity (Wildman–Crippen MR) is 121 cm³/mol. The van der Waals surface area contributed by atoms with E-state index < -0.39 is 0 Å². The van der Waals surface area contributed by atoms with E-state index in [1.165, 1.54) is 29.6 Å². The van der Waals surface area contributed by atoms with Gasteiger partial charge >= 0.3 is 5.97 Å². The Balaban J connectivity index is 1.26. The summed E-state index contributed by atoms with van der Waals surface area (Å²) in [6.07, 6.45) is 9.16. The molecule has 2 aliphatic heterocycles. The first kappa shape index (κ1) is 20.3. The molecule has 2 saturated carbocycles. The van der Waals surface area contributed by atoms with Crippen LogP contribution in [0, 0.1) is 23.2 Å². The number of esters is 1. The third kappa shape index (κ3) is 3.65. The van der Waals surface area contributed by atoms with Gasteiger partial charge in [-0.1, -0.05) is 48.9 Å². The van der Waals surface area contributed by atoms with Gasteiger partial charge in [-0.2, -0.15) is 0 Å². The van der Waals surface area contributed by atoms with E-state index in [4.69, 9.17) is 16.3 Å². The molecule has 0 N–H and O–H groups in total. The molecule has 1 saturated heterocycles.